The Hall–Kier alpha value is -2.22. The lowest BCUT2D eigenvalue weighted by molar-refractivity contribution is -0.140. The number of nitrogens with zero attached hydrogens (tertiary/aromatic N) is 2. The van der Waals surface area contributed by atoms with Crippen LogP contribution >= 0.6 is 11.3 Å². The van der Waals surface area contributed by atoms with E-state index in [0.29, 0.717) is 5.13 Å². The summed E-state index contributed by atoms with van der Waals surface area (Å²) in [7, 11) is 0. The molecule has 1 saturated carbocycles. The number of likely N-dealkylation sites (tertiary alicyclic amines) is 1. The Labute approximate surface area is 130 Å². The number of anilines is 1. The molecule has 4 atom stereocenters. The van der Waals surface area contributed by atoms with E-state index in [9.17, 15) is 14.4 Å². The summed E-state index contributed by atoms with van der Waals surface area (Å²) in [5.41, 5.74) is 0. The second-order valence-corrected chi connectivity index (χ2v) is 6.63. The predicted octanol–water partition coefficient (Wildman–Crippen LogP) is 1.03. The van der Waals surface area contributed by atoms with Gasteiger partial charge in [-0.25, -0.2) is 9.78 Å². The molecule has 0 aromatic carbocycles. The average Bonchev–Trinajstić information content (AvgIpc) is 3.24. The molecule has 22 heavy (non-hydrogen) atoms. The van der Waals surface area contributed by atoms with Gasteiger partial charge in [-0.2, -0.15) is 0 Å². The number of carbonyl (C=O) groups excluding carboxylic acids is 3. The molecule has 8 heteroatoms. The molecular formula is C14H14N4O3S. The van der Waals surface area contributed by atoms with E-state index in [1.54, 1.807) is 11.6 Å². The molecule has 2 heterocycles. The van der Waals surface area contributed by atoms with E-state index in [4.69, 9.17) is 0 Å². The molecule has 2 N–H and O–H groups in total. The third-order valence-electron chi connectivity index (χ3n) is 4.61. The molecule has 7 nitrogen and oxygen atoms in total. The molecule has 0 spiro atoms. The van der Waals surface area contributed by atoms with Gasteiger partial charge in [0.1, 0.15) is 6.67 Å². The van der Waals surface area contributed by atoms with E-state index in [1.165, 1.54) is 16.2 Å². The van der Waals surface area contributed by atoms with Crippen molar-refractivity contribution in [3.63, 3.8) is 0 Å². The highest BCUT2D eigenvalue weighted by molar-refractivity contribution is 7.13. The smallest absolute Gasteiger partial charge is 0.320 e. The largest absolute Gasteiger partial charge is 0.322 e. The maximum Gasteiger partial charge on any atom is 0.322 e. The van der Waals surface area contributed by atoms with Crippen LogP contribution in [-0.4, -0.2) is 34.4 Å². The number of imide groups is 1. The fourth-order valence-corrected chi connectivity index (χ4v) is 4.22. The van der Waals surface area contributed by atoms with Gasteiger partial charge in [0.05, 0.1) is 11.8 Å². The van der Waals surface area contributed by atoms with Gasteiger partial charge in [0.2, 0.25) is 11.8 Å². The Balaban J connectivity index is 1.39. The monoisotopic (exact) mass is 318 g/mol. The lowest BCUT2D eigenvalue weighted by atomic mass is 9.85. The van der Waals surface area contributed by atoms with Crippen LogP contribution in [0.15, 0.2) is 23.7 Å². The zero-order valence-corrected chi connectivity index (χ0v) is 12.4. The maximum atomic E-state index is 12.4. The van der Waals surface area contributed by atoms with E-state index in [-0.39, 0.29) is 42.2 Å². The number of thiazole rings is 1. The Kier molecular flexibility index (Phi) is 3.00. The first kappa shape index (κ1) is 13.4. The summed E-state index contributed by atoms with van der Waals surface area (Å²) in [6.07, 6.45) is 6.57. The third-order valence-corrected chi connectivity index (χ3v) is 5.30. The lowest BCUT2D eigenvalue weighted by Crippen LogP contribution is -2.43. The quantitative estimate of drug-likeness (QED) is 0.643. The minimum atomic E-state index is -0.478. The predicted molar refractivity (Wildman–Crippen MR) is 78.7 cm³/mol. The van der Waals surface area contributed by atoms with Crippen molar-refractivity contribution in [3.8, 4) is 0 Å². The molecule has 3 aliphatic rings. The van der Waals surface area contributed by atoms with Crippen molar-refractivity contribution in [1.82, 2.24) is 15.2 Å². The van der Waals surface area contributed by atoms with Crippen LogP contribution in [0.4, 0.5) is 9.93 Å². The zero-order valence-electron chi connectivity index (χ0n) is 11.6. The summed E-state index contributed by atoms with van der Waals surface area (Å²) in [6, 6.07) is -0.478. The van der Waals surface area contributed by atoms with Gasteiger partial charge in [-0.05, 0) is 18.3 Å². The molecule has 4 rings (SSSR count). The Bertz CT molecular complexity index is 642. The van der Waals surface area contributed by atoms with Crippen LogP contribution in [0.2, 0.25) is 0 Å². The lowest BCUT2D eigenvalue weighted by Gasteiger charge is -2.17. The number of fused-ring (bicyclic) bond motifs is 5. The minimum Gasteiger partial charge on any atom is -0.320 e. The van der Waals surface area contributed by atoms with Gasteiger partial charge in [-0.1, -0.05) is 12.2 Å². The van der Waals surface area contributed by atoms with Crippen LogP contribution in [-0.2, 0) is 9.59 Å². The molecule has 0 radical (unpaired) electrons. The second kappa shape index (κ2) is 4.91. The topological polar surface area (TPSA) is 91.4 Å². The van der Waals surface area contributed by atoms with Crippen molar-refractivity contribution in [3.05, 3.63) is 23.7 Å². The van der Waals surface area contributed by atoms with Crippen molar-refractivity contribution >= 4 is 34.3 Å². The van der Waals surface area contributed by atoms with Crippen molar-refractivity contribution in [2.24, 2.45) is 23.7 Å². The van der Waals surface area contributed by atoms with Crippen LogP contribution < -0.4 is 10.6 Å². The number of amides is 4. The highest BCUT2D eigenvalue weighted by Gasteiger charge is 2.59. The molecule has 1 aliphatic heterocycles. The van der Waals surface area contributed by atoms with Gasteiger partial charge < -0.3 is 5.32 Å². The SMILES string of the molecule is O=C(NCN1C(=O)[C@@H]2[C@H](C1=O)[C@H]1C=C[C@H]2C1)Nc1nccs1. The number of nitrogens with one attached hydrogen (secondary N) is 2. The molecule has 4 amide bonds. The molecule has 2 aliphatic carbocycles. The molecule has 1 saturated heterocycles. The number of hydrogen-bond donors (Lipinski definition) is 2. The van der Waals surface area contributed by atoms with Gasteiger partial charge >= 0.3 is 6.03 Å². The molecule has 0 unspecified atom stereocenters. The number of allylic oxidation sites excluding steroid dienone is 2. The summed E-state index contributed by atoms with van der Waals surface area (Å²) >= 11 is 1.29. The number of aromatic nitrogens is 1. The Morgan fingerprint density at radius 3 is 2.55 bits per heavy atom. The summed E-state index contributed by atoms with van der Waals surface area (Å²) in [6.45, 7) is -0.0959. The minimum absolute atomic E-state index is 0.0959. The van der Waals surface area contributed by atoms with Crippen molar-refractivity contribution in [1.29, 1.82) is 0 Å². The first-order chi connectivity index (χ1) is 10.6. The van der Waals surface area contributed by atoms with Crippen molar-refractivity contribution in [2.75, 3.05) is 12.0 Å². The van der Waals surface area contributed by atoms with Crippen LogP contribution in [0.1, 0.15) is 6.42 Å². The molecular weight excluding hydrogens is 304 g/mol. The maximum absolute atomic E-state index is 12.4. The van der Waals surface area contributed by atoms with E-state index in [1.807, 2.05) is 12.2 Å². The Morgan fingerprint density at radius 1 is 1.27 bits per heavy atom. The third kappa shape index (κ3) is 1.94. The molecule has 2 bridgehead atoms. The normalized spacial score (nSPS) is 31.7. The van der Waals surface area contributed by atoms with Gasteiger partial charge in [-0.15, -0.1) is 11.3 Å². The fraction of sp³-hybridized carbons (Fsp3) is 0.429. The van der Waals surface area contributed by atoms with E-state index >= 15 is 0 Å². The number of carbonyl (C=O) groups is 3. The summed E-state index contributed by atoms with van der Waals surface area (Å²) in [5.74, 6) is -0.429. The molecule has 1 aromatic rings. The van der Waals surface area contributed by atoms with Gasteiger partial charge in [0, 0.05) is 11.6 Å². The van der Waals surface area contributed by atoms with E-state index in [0.717, 1.165) is 6.42 Å². The summed E-state index contributed by atoms with van der Waals surface area (Å²) in [4.78, 5) is 41.7. The fourth-order valence-electron chi connectivity index (χ4n) is 3.70. The van der Waals surface area contributed by atoms with E-state index in [2.05, 4.69) is 15.6 Å². The van der Waals surface area contributed by atoms with Gasteiger partial charge in [0.15, 0.2) is 5.13 Å². The zero-order chi connectivity index (χ0) is 15.3. The van der Waals surface area contributed by atoms with Crippen LogP contribution in [0, 0.1) is 23.7 Å². The first-order valence-electron chi connectivity index (χ1n) is 7.13. The van der Waals surface area contributed by atoms with E-state index < -0.39 is 6.03 Å². The van der Waals surface area contributed by atoms with Crippen LogP contribution in [0.5, 0.6) is 0 Å². The van der Waals surface area contributed by atoms with Gasteiger partial charge in [0.25, 0.3) is 0 Å². The standard InChI is InChI=1S/C14H14N4O3S/c19-11-9-7-1-2-8(5-7)10(9)12(20)18(11)6-16-13(21)17-14-15-3-4-22-14/h1-4,7-10H,5-6H2,(H2,15,16,17,21)/t7-,8-,9-,10+/m0/s1. The molecule has 1 aromatic heterocycles. The van der Waals surface area contributed by atoms with Crippen LogP contribution in [0.3, 0.4) is 0 Å². The number of rotatable bonds is 3. The van der Waals surface area contributed by atoms with Crippen molar-refractivity contribution in [2.45, 2.75) is 6.42 Å². The summed E-state index contributed by atoms with van der Waals surface area (Å²) < 4.78 is 0. The average molecular weight is 318 g/mol. The highest BCUT2D eigenvalue weighted by atomic mass is 32.1. The Morgan fingerprint density at radius 2 is 1.95 bits per heavy atom. The first-order valence-corrected chi connectivity index (χ1v) is 8.01. The highest BCUT2D eigenvalue weighted by Crippen LogP contribution is 2.52. The summed E-state index contributed by atoms with van der Waals surface area (Å²) in [5, 5.41) is 7.31. The molecule has 114 valence electrons. The second-order valence-electron chi connectivity index (χ2n) is 5.73. The van der Waals surface area contributed by atoms with Gasteiger partial charge in [-0.3, -0.25) is 19.8 Å². The number of urea groups is 1. The number of hydrogen-bond acceptors (Lipinski definition) is 5. The van der Waals surface area contributed by atoms with Crippen molar-refractivity contribution < 1.29 is 14.4 Å². The van der Waals surface area contributed by atoms with Crippen LogP contribution in [0.25, 0.3) is 0 Å². The molecule has 2 fully saturated rings.